The minimum atomic E-state index is 0.284. The van der Waals surface area contributed by atoms with Crippen molar-refractivity contribution in [3.8, 4) is 17.2 Å². The minimum absolute atomic E-state index is 0.284. The third-order valence-corrected chi connectivity index (χ3v) is 5.33. The monoisotopic (exact) mass is 304 g/mol. The van der Waals surface area contributed by atoms with Crippen molar-refractivity contribution in [1.29, 1.82) is 0 Å². The van der Waals surface area contributed by atoms with Gasteiger partial charge in [-0.25, -0.2) is 0 Å². The minimum Gasteiger partial charge on any atom is -0.493 e. The Balaban J connectivity index is 1.53. The number of fused-ring (bicyclic) bond motifs is 2. The highest BCUT2D eigenvalue weighted by molar-refractivity contribution is 5.55. The third kappa shape index (κ3) is 2.32. The lowest BCUT2D eigenvalue weighted by Crippen LogP contribution is -2.55. The summed E-state index contributed by atoms with van der Waals surface area (Å²) in [6.45, 7) is 7.20. The fourth-order valence-corrected chi connectivity index (χ4v) is 4.11. The topological polar surface area (TPSA) is 34.2 Å². The fraction of sp³-hybridized carbons (Fsp3) is 0.647. The molecule has 22 heavy (non-hydrogen) atoms. The van der Waals surface area contributed by atoms with E-state index in [-0.39, 0.29) is 6.79 Å². The van der Waals surface area contributed by atoms with Gasteiger partial charge in [-0.3, -0.25) is 9.80 Å². The van der Waals surface area contributed by atoms with Crippen LogP contribution in [0.1, 0.15) is 25.3 Å². The van der Waals surface area contributed by atoms with Gasteiger partial charge in [0.2, 0.25) is 12.5 Å². The fourth-order valence-electron chi connectivity index (χ4n) is 4.11. The second-order valence-electron chi connectivity index (χ2n) is 6.49. The molecule has 5 nitrogen and oxygen atoms in total. The van der Waals surface area contributed by atoms with Gasteiger partial charge in [0.1, 0.15) is 0 Å². The Morgan fingerprint density at radius 1 is 1.23 bits per heavy atom. The predicted octanol–water partition coefficient (Wildman–Crippen LogP) is 2.09. The maximum atomic E-state index is 5.54. The van der Waals surface area contributed by atoms with Crippen LogP contribution in [0.15, 0.2) is 12.1 Å². The summed E-state index contributed by atoms with van der Waals surface area (Å²) in [5, 5.41) is 0. The van der Waals surface area contributed by atoms with Crippen LogP contribution in [0, 0.1) is 0 Å². The van der Waals surface area contributed by atoms with E-state index in [0.717, 1.165) is 36.4 Å². The highest BCUT2D eigenvalue weighted by atomic mass is 16.7. The second-order valence-corrected chi connectivity index (χ2v) is 6.49. The molecule has 3 aliphatic heterocycles. The Bertz CT molecular complexity index is 563. The molecule has 0 radical (unpaired) electrons. The summed E-state index contributed by atoms with van der Waals surface area (Å²) >= 11 is 0. The molecule has 1 aromatic carbocycles. The lowest BCUT2D eigenvalue weighted by molar-refractivity contribution is 0.0470. The summed E-state index contributed by atoms with van der Waals surface area (Å²) in [6.07, 6.45) is 2.68. The smallest absolute Gasteiger partial charge is 0.231 e. The third-order valence-electron chi connectivity index (χ3n) is 5.33. The van der Waals surface area contributed by atoms with Crippen molar-refractivity contribution < 1.29 is 14.2 Å². The molecule has 2 saturated heterocycles. The van der Waals surface area contributed by atoms with Crippen LogP contribution < -0.4 is 14.2 Å². The first kappa shape index (κ1) is 14.2. The van der Waals surface area contributed by atoms with E-state index in [4.69, 9.17) is 14.2 Å². The molecule has 0 N–H and O–H groups in total. The van der Waals surface area contributed by atoms with E-state index in [1.54, 1.807) is 7.11 Å². The van der Waals surface area contributed by atoms with E-state index < -0.39 is 0 Å². The summed E-state index contributed by atoms with van der Waals surface area (Å²) in [7, 11) is 1.68. The van der Waals surface area contributed by atoms with Gasteiger partial charge in [-0.15, -0.1) is 0 Å². The SMILES string of the molecule is COc1cc(CN2CCN3CCC[C@@H]3[C@@H]2C)cc2c1OCO2. The maximum absolute atomic E-state index is 5.54. The van der Waals surface area contributed by atoms with Crippen molar-refractivity contribution in [3.05, 3.63) is 17.7 Å². The molecule has 0 bridgehead atoms. The normalized spacial score (nSPS) is 27.9. The van der Waals surface area contributed by atoms with Crippen molar-refractivity contribution in [2.24, 2.45) is 0 Å². The van der Waals surface area contributed by atoms with Crippen LogP contribution in [0.4, 0.5) is 0 Å². The van der Waals surface area contributed by atoms with Gasteiger partial charge < -0.3 is 14.2 Å². The summed E-state index contributed by atoms with van der Waals surface area (Å²) in [5.74, 6) is 2.32. The summed E-state index contributed by atoms with van der Waals surface area (Å²) < 4.78 is 16.5. The summed E-state index contributed by atoms with van der Waals surface area (Å²) in [6, 6.07) is 5.51. The van der Waals surface area contributed by atoms with Gasteiger partial charge in [0.15, 0.2) is 11.5 Å². The lowest BCUT2D eigenvalue weighted by atomic mass is 10.0. The first-order valence-corrected chi connectivity index (χ1v) is 8.21. The molecule has 2 fully saturated rings. The number of ether oxygens (including phenoxy) is 3. The van der Waals surface area contributed by atoms with Crippen LogP contribution in [-0.4, -0.2) is 55.4 Å². The number of hydrogen-bond donors (Lipinski definition) is 0. The summed E-state index contributed by atoms with van der Waals surface area (Å²) in [5.41, 5.74) is 1.24. The molecular weight excluding hydrogens is 280 g/mol. The molecular formula is C17H24N2O3. The molecule has 0 unspecified atom stereocenters. The van der Waals surface area contributed by atoms with Crippen LogP contribution in [0.25, 0.3) is 0 Å². The van der Waals surface area contributed by atoms with Crippen molar-refractivity contribution >= 4 is 0 Å². The van der Waals surface area contributed by atoms with E-state index in [1.807, 2.05) is 0 Å². The quantitative estimate of drug-likeness (QED) is 0.854. The zero-order chi connectivity index (χ0) is 15.1. The van der Waals surface area contributed by atoms with Crippen LogP contribution in [0.3, 0.4) is 0 Å². The zero-order valence-corrected chi connectivity index (χ0v) is 13.4. The Kier molecular flexibility index (Phi) is 3.62. The highest BCUT2D eigenvalue weighted by Crippen LogP contribution is 2.42. The Labute approximate surface area is 131 Å². The molecule has 120 valence electrons. The largest absolute Gasteiger partial charge is 0.493 e. The van der Waals surface area contributed by atoms with Gasteiger partial charge >= 0.3 is 0 Å². The molecule has 0 saturated carbocycles. The molecule has 1 aromatic rings. The second kappa shape index (κ2) is 5.63. The Hall–Kier alpha value is -1.46. The molecule has 0 amide bonds. The predicted molar refractivity (Wildman–Crippen MR) is 83.6 cm³/mol. The zero-order valence-electron chi connectivity index (χ0n) is 13.4. The average molecular weight is 304 g/mol. The molecule has 0 aliphatic carbocycles. The van der Waals surface area contributed by atoms with Gasteiger partial charge in [-0.05, 0) is 44.0 Å². The van der Waals surface area contributed by atoms with Crippen LogP contribution in [0.5, 0.6) is 17.2 Å². The van der Waals surface area contributed by atoms with Gasteiger partial charge in [-0.2, -0.15) is 0 Å². The van der Waals surface area contributed by atoms with Gasteiger partial charge in [-0.1, -0.05) is 0 Å². The van der Waals surface area contributed by atoms with E-state index in [9.17, 15) is 0 Å². The van der Waals surface area contributed by atoms with E-state index in [1.165, 1.54) is 31.5 Å². The standard InChI is InChI=1S/C17H24N2O3/c1-12-14-4-3-5-18(14)6-7-19(12)10-13-8-15(20-2)17-16(9-13)21-11-22-17/h8-9,12,14H,3-7,10-11H2,1-2H3/t12-,14+/m0/s1. The van der Waals surface area contributed by atoms with E-state index in [2.05, 4.69) is 28.9 Å². The van der Waals surface area contributed by atoms with Gasteiger partial charge in [0.05, 0.1) is 7.11 Å². The first-order valence-electron chi connectivity index (χ1n) is 8.21. The van der Waals surface area contributed by atoms with Gasteiger partial charge in [0.25, 0.3) is 0 Å². The van der Waals surface area contributed by atoms with Crippen LogP contribution in [-0.2, 0) is 6.54 Å². The van der Waals surface area contributed by atoms with Crippen molar-refractivity contribution in [1.82, 2.24) is 9.80 Å². The molecule has 2 atom stereocenters. The molecule has 0 aromatic heterocycles. The maximum Gasteiger partial charge on any atom is 0.231 e. The van der Waals surface area contributed by atoms with Crippen molar-refractivity contribution in [2.45, 2.75) is 38.4 Å². The summed E-state index contributed by atoms with van der Waals surface area (Å²) in [4.78, 5) is 5.24. The lowest BCUT2D eigenvalue weighted by Gasteiger charge is -2.43. The van der Waals surface area contributed by atoms with E-state index in [0.29, 0.717) is 6.04 Å². The molecule has 3 heterocycles. The van der Waals surface area contributed by atoms with E-state index >= 15 is 0 Å². The Morgan fingerprint density at radius 2 is 2.14 bits per heavy atom. The number of hydrogen-bond acceptors (Lipinski definition) is 5. The average Bonchev–Trinajstić information content (AvgIpc) is 3.18. The number of piperazine rings is 1. The molecule has 4 rings (SSSR count). The first-order chi connectivity index (χ1) is 10.8. The number of nitrogens with zero attached hydrogens (tertiary/aromatic N) is 2. The number of methoxy groups -OCH3 is 1. The highest BCUT2D eigenvalue weighted by Gasteiger charge is 2.36. The van der Waals surface area contributed by atoms with Crippen LogP contribution in [0.2, 0.25) is 0 Å². The molecule has 5 heteroatoms. The number of rotatable bonds is 3. The van der Waals surface area contributed by atoms with Crippen LogP contribution >= 0.6 is 0 Å². The van der Waals surface area contributed by atoms with Gasteiger partial charge in [0, 0.05) is 31.7 Å². The van der Waals surface area contributed by atoms with Crippen molar-refractivity contribution in [3.63, 3.8) is 0 Å². The molecule has 0 spiro atoms. The Morgan fingerprint density at radius 3 is 3.00 bits per heavy atom. The van der Waals surface area contributed by atoms with Crippen molar-refractivity contribution in [2.75, 3.05) is 33.5 Å². The number of benzene rings is 1. The molecule has 3 aliphatic rings.